The van der Waals surface area contributed by atoms with Gasteiger partial charge in [0.2, 0.25) is 0 Å². The molecule has 230 valence electrons. The van der Waals surface area contributed by atoms with Gasteiger partial charge in [0.05, 0.1) is 12.1 Å². The Hall–Kier alpha value is -1.66. The highest BCUT2D eigenvalue weighted by Crippen LogP contribution is 2.24. The monoisotopic (exact) mass is 574 g/mol. The van der Waals surface area contributed by atoms with Gasteiger partial charge in [-0.25, -0.2) is 0 Å². The third kappa shape index (κ3) is 15.1. The number of rotatable bonds is 19. The van der Waals surface area contributed by atoms with Crippen LogP contribution < -0.4 is 21.3 Å². The first-order chi connectivity index (χ1) is 17.8. The Morgan fingerprint density at radius 2 is 1.26 bits per heavy atom. The molecule has 0 saturated carbocycles. The number of hydrogen-bond acceptors (Lipinski definition) is 6. The zero-order valence-corrected chi connectivity index (χ0v) is 24.4. The molecule has 0 bridgehead atoms. The molecule has 0 aliphatic carbocycles. The number of hydrogen-bond donors (Lipinski definition) is 4. The van der Waals surface area contributed by atoms with Crippen LogP contribution in [0, 0.1) is 17.8 Å². The Morgan fingerprint density at radius 3 is 1.69 bits per heavy atom. The summed E-state index contributed by atoms with van der Waals surface area (Å²) >= 11 is 0. The van der Waals surface area contributed by atoms with E-state index in [0.29, 0.717) is 5.70 Å². The Balaban J connectivity index is 5.41. The normalized spacial score (nSPS) is 17.2. The second kappa shape index (κ2) is 17.2. The largest absolute Gasteiger partial charge is 0.405 e. The number of alkyl halides is 6. The van der Waals surface area contributed by atoms with Gasteiger partial charge in [-0.3, -0.25) is 20.2 Å². The molecule has 0 rings (SSSR count). The predicted molar refractivity (Wildman–Crippen MR) is 142 cm³/mol. The third-order valence-corrected chi connectivity index (χ3v) is 6.35. The zero-order chi connectivity index (χ0) is 30.6. The summed E-state index contributed by atoms with van der Waals surface area (Å²) in [7, 11) is 1.40. The van der Waals surface area contributed by atoms with Gasteiger partial charge >= 0.3 is 12.4 Å². The van der Waals surface area contributed by atoms with Gasteiger partial charge in [-0.1, -0.05) is 47.6 Å². The molecule has 4 N–H and O–H groups in total. The molecule has 0 fully saturated rings. The summed E-state index contributed by atoms with van der Waals surface area (Å²) in [4.78, 5) is 25.3. The maximum Gasteiger partial charge on any atom is 0.405 e. The lowest BCUT2D eigenvalue weighted by atomic mass is 9.90. The first-order valence-corrected chi connectivity index (χ1v) is 13.6. The number of allylic oxidation sites excluding steroid dienone is 2. The van der Waals surface area contributed by atoms with Crippen molar-refractivity contribution < 1.29 is 35.9 Å². The molecule has 5 atom stereocenters. The molecule has 0 heterocycles. The van der Waals surface area contributed by atoms with Crippen LogP contribution in [0.25, 0.3) is 0 Å². The quantitative estimate of drug-likeness (QED) is 0.160. The van der Waals surface area contributed by atoms with Gasteiger partial charge in [0.1, 0.15) is 17.9 Å². The van der Waals surface area contributed by atoms with E-state index in [-0.39, 0.29) is 55.6 Å². The molecule has 1 unspecified atom stereocenters. The highest BCUT2D eigenvalue weighted by Gasteiger charge is 2.42. The van der Waals surface area contributed by atoms with Crippen molar-refractivity contribution in [1.82, 2.24) is 21.3 Å². The van der Waals surface area contributed by atoms with Crippen molar-refractivity contribution in [3.63, 3.8) is 0 Å². The van der Waals surface area contributed by atoms with Crippen molar-refractivity contribution in [3.05, 3.63) is 11.8 Å². The fourth-order valence-electron chi connectivity index (χ4n) is 4.12. The molecule has 0 aromatic rings. The van der Waals surface area contributed by atoms with Gasteiger partial charge < -0.3 is 10.6 Å². The minimum atomic E-state index is -4.60. The number of carbonyl (C=O) groups is 2. The Bertz CT molecular complexity index is 768. The van der Waals surface area contributed by atoms with Crippen LogP contribution in [-0.2, 0) is 9.59 Å². The fourth-order valence-corrected chi connectivity index (χ4v) is 4.12. The molecule has 0 radical (unpaired) electrons. The topological polar surface area (TPSA) is 82.3 Å². The van der Waals surface area contributed by atoms with Crippen molar-refractivity contribution in [1.29, 1.82) is 0 Å². The van der Waals surface area contributed by atoms with Crippen LogP contribution in [0.15, 0.2) is 11.8 Å². The van der Waals surface area contributed by atoms with E-state index in [2.05, 4.69) is 21.3 Å². The molecule has 0 aromatic carbocycles. The van der Waals surface area contributed by atoms with Crippen molar-refractivity contribution in [2.24, 2.45) is 17.8 Å². The summed E-state index contributed by atoms with van der Waals surface area (Å²) in [5.74, 6) is -1.34. The van der Waals surface area contributed by atoms with E-state index < -0.39 is 49.0 Å². The van der Waals surface area contributed by atoms with Gasteiger partial charge in [-0.2, -0.15) is 26.3 Å². The van der Waals surface area contributed by atoms with Crippen LogP contribution in [0.5, 0.6) is 0 Å². The van der Waals surface area contributed by atoms with Crippen LogP contribution >= 0.6 is 0 Å². The van der Waals surface area contributed by atoms with E-state index in [1.54, 1.807) is 26.8 Å². The van der Waals surface area contributed by atoms with Crippen LogP contribution in [-0.4, -0.2) is 68.2 Å². The molecule has 0 amide bonds. The Kier molecular flexibility index (Phi) is 16.5. The maximum atomic E-state index is 13.7. The van der Waals surface area contributed by atoms with Crippen LogP contribution in [0.1, 0.15) is 74.1 Å². The smallest absolute Gasteiger partial charge is 0.387 e. The number of Topliss-reactive ketones (excluding diaryl/α,β-unsaturated/α-hetero) is 2. The average molecular weight is 575 g/mol. The molecule has 0 saturated heterocycles. The van der Waals surface area contributed by atoms with Crippen molar-refractivity contribution in [3.8, 4) is 0 Å². The van der Waals surface area contributed by atoms with Gasteiger partial charge in [0, 0.05) is 31.1 Å². The minimum absolute atomic E-state index is 0.0270. The number of likely N-dealkylation sites (N-methyl/N-ethyl adjacent to an activating group) is 1. The van der Waals surface area contributed by atoms with Gasteiger partial charge in [-0.15, -0.1) is 0 Å². The molecule has 0 aliphatic heterocycles. The fraction of sp³-hybridized carbons (Fsp3) is 0.852. The van der Waals surface area contributed by atoms with E-state index in [9.17, 15) is 35.9 Å². The summed E-state index contributed by atoms with van der Waals surface area (Å²) in [5.41, 5.74) is 0.393. The van der Waals surface area contributed by atoms with Crippen molar-refractivity contribution in [2.75, 3.05) is 20.1 Å². The van der Waals surface area contributed by atoms with Gasteiger partial charge in [0.25, 0.3) is 0 Å². The van der Waals surface area contributed by atoms with Gasteiger partial charge in [-0.05, 0) is 45.1 Å². The number of halogens is 6. The first kappa shape index (κ1) is 37.3. The number of nitrogens with one attached hydrogen (secondary N) is 4. The summed E-state index contributed by atoms with van der Waals surface area (Å²) in [6, 6.07) is -5.80. The molecule has 6 nitrogen and oxygen atoms in total. The lowest BCUT2D eigenvalue weighted by Gasteiger charge is -2.29. The number of carbonyl (C=O) groups excluding carboxylic acids is 2. The molecule has 39 heavy (non-hydrogen) atoms. The summed E-state index contributed by atoms with van der Waals surface area (Å²) in [5, 5.41) is 10.1. The molecular weight excluding hydrogens is 526 g/mol. The van der Waals surface area contributed by atoms with E-state index in [0.717, 1.165) is 0 Å². The summed E-state index contributed by atoms with van der Waals surface area (Å²) in [6.07, 6.45) is -6.81. The average Bonchev–Trinajstić information content (AvgIpc) is 2.80. The predicted octanol–water partition coefficient (Wildman–Crippen LogP) is 5.14. The lowest BCUT2D eigenvalue weighted by Crippen LogP contribution is -2.55. The Labute approximate surface area is 229 Å². The van der Waals surface area contributed by atoms with E-state index >= 15 is 0 Å². The third-order valence-electron chi connectivity index (χ3n) is 6.35. The molecule has 0 aromatic heterocycles. The minimum Gasteiger partial charge on any atom is -0.387 e. The standard InChI is InChI=1S/C27H48F6N4O2/c1-9-22(38)20(12-16(2)3)36-24(27(31,32)33)15-35-19(7)11-10-18(6)25(39)21(13-17(4)5)37-23(14-34-8)26(28,29)30/h11,16-18,20-21,23-24,34-37H,9-10,12-15H2,1-8H3/t18?,20-,21+,23-,24-/m0/s1. The zero-order valence-electron chi connectivity index (χ0n) is 24.4. The number of ketones is 2. The highest BCUT2D eigenvalue weighted by molar-refractivity contribution is 5.86. The van der Waals surface area contributed by atoms with Crippen LogP contribution in [0.4, 0.5) is 26.3 Å². The van der Waals surface area contributed by atoms with Crippen LogP contribution in [0.2, 0.25) is 0 Å². The second-order valence-electron chi connectivity index (χ2n) is 11.1. The first-order valence-electron chi connectivity index (χ1n) is 13.6. The molecule has 0 spiro atoms. The van der Waals surface area contributed by atoms with Crippen molar-refractivity contribution >= 4 is 11.6 Å². The van der Waals surface area contributed by atoms with E-state index in [1.165, 1.54) is 7.05 Å². The molecular formula is C27H48F6N4O2. The van der Waals surface area contributed by atoms with E-state index in [1.807, 2.05) is 27.7 Å². The maximum absolute atomic E-state index is 13.7. The van der Waals surface area contributed by atoms with Crippen molar-refractivity contribution in [2.45, 2.75) is 111 Å². The Morgan fingerprint density at radius 1 is 0.795 bits per heavy atom. The molecule has 12 heteroatoms. The van der Waals surface area contributed by atoms with Crippen LogP contribution in [0.3, 0.4) is 0 Å². The highest BCUT2D eigenvalue weighted by atomic mass is 19.4. The molecule has 0 aliphatic rings. The SMILES string of the molecule is CCC(=O)[C@H](CC(C)C)N[C@@H](CNC(C)=CCC(C)C(=O)[C@@H](CC(C)C)N[C@@H](CNC)C(F)(F)F)C(F)(F)F. The second-order valence-corrected chi connectivity index (χ2v) is 11.1. The summed E-state index contributed by atoms with van der Waals surface area (Å²) in [6.45, 7) is 11.1. The van der Waals surface area contributed by atoms with E-state index in [4.69, 9.17) is 0 Å². The summed E-state index contributed by atoms with van der Waals surface area (Å²) < 4.78 is 81.4. The van der Waals surface area contributed by atoms with Gasteiger partial charge in [0.15, 0.2) is 5.78 Å². The lowest BCUT2D eigenvalue weighted by molar-refractivity contribution is -0.159.